The van der Waals surface area contributed by atoms with Crippen LogP contribution in [0.15, 0.2) is 18.2 Å². The minimum absolute atomic E-state index is 0.134. The van der Waals surface area contributed by atoms with Crippen molar-refractivity contribution in [1.29, 1.82) is 0 Å². The monoisotopic (exact) mass is 332 g/mol. The van der Waals surface area contributed by atoms with Crippen LogP contribution >= 0.6 is 0 Å². The number of ether oxygens (including phenoxy) is 2. The molecule has 1 fully saturated rings. The van der Waals surface area contributed by atoms with Gasteiger partial charge in [-0.2, -0.15) is 0 Å². The molecule has 1 aromatic rings. The van der Waals surface area contributed by atoms with Crippen LogP contribution in [0.1, 0.15) is 43.4 Å². The van der Waals surface area contributed by atoms with Gasteiger partial charge in [0.25, 0.3) is 0 Å². The molecule has 1 aromatic carbocycles. The van der Waals surface area contributed by atoms with Gasteiger partial charge in [0, 0.05) is 19.1 Å². The number of methoxy groups -OCH3 is 1. The summed E-state index contributed by atoms with van der Waals surface area (Å²) in [6.45, 7) is 4.76. The van der Waals surface area contributed by atoms with Crippen LogP contribution in [0.3, 0.4) is 0 Å². The van der Waals surface area contributed by atoms with Gasteiger partial charge in [-0.05, 0) is 42.9 Å². The summed E-state index contributed by atoms with van der Waals surface area (Å²) in [5.41, 5.74) is 2.58. The van der Waals surface area contributed by atoms with Crippen molar-refractivity contribution in [2.24, 2.45) is 0 Å². The fourth-order valence-corrected chi connectivity index (χ4v) is 3.79. The summed E-state index contributed by atoms with van der Waals surface area (Å²) < 4.78 is 10.9. The van der Waals surface area contributed by atoms with Crippen molar-refractivity contribution in [2.75, 3.05) is 33.4 Å². The second-order valence-electron chi connectivity index (χ2n) is 6.54. The zero-order valence-corrected chi connectivity index (χ0v) is 14.7. The third-order valence-corrected chi connectivity index (χ3v) is 5.12. The van der Waals surface area contributed by atoms with Gasteiger partial charge in [0.1, 0.15) is 5.75 Å². The van der Waals surface area contributed by atoms with E-state index in [4.69, 9.17) is 9.47 Å². The van der Waals surface area contributed by atoms with Crippen LogP contribution in [0, 0.1) is 0 Å². The first-order chi connectivity index (χ1) is 11.7. The zero-order valence-electron chi connectivity index (χ0n) is 14.7. The Kier molecular flexibility index (Phi) is 5.74. The Hall–Kier alpha value is -1.59. The molecule has 0 radical (unpaired) electrons. The molecule has 1 aliphatic carbocycles. The Morgan fingerprint density at radius 3 is 2.92 bits per heavy atom. The highest BCUT2D eigenvalue weighted by atomic mass is 16.5. The van der Waals surface area contributed by atoms with E-state index in [2.05, 4.69) is 18.3 Å². The van der Waals surface area contributed by atoms with Gasteiger partial charge in [-0.25, -0.2) is 0 Å². The van der Waals surface area contributed by atoms with Crippen molar-refractivity contribution in [3.63, 3.8) is 0 Å². The number of nitrogens with one attached hydrogen (secondary N) is 1. The van der Waals surface area contributed by atoms with Crippen LogP contribution in [0.2, 0.25) is 0 Å². The molecule has 1 aliphatic heterocycles. The molecule has 5 heteroatoms. The zero-order chi connectivity index (χ0) is 16.9. The number of hydrogen-bond acceptors (Lipinski definition) is 4. The summed E-state index contributed by atoms with van der Waals surface area (Å²) in [5, 5.41) is 3.62. The lowest BCUT2D eigenvalue weighted by atomic mass is 9.86. The van der Waals surface area contributed by atoms with Gasteiger partial charge < -0.3 is 14.4 Å². The Bertz CT molecular complexity index is 570. The van der Waals surface area contributed by atoms with Gasteiger partial charge in [0.2, 0.25) is 5.91 Å². The van der Waals surface area contributed by atoms with Gasteiger partial charge in [-0.15, -0.1) is 0 Å². The van der Waals surface area contributed by atoms with E-state index >= 15 is 0 Å². The molecule has 1 saturated heterocycles. The van der Waals surface area contributed by atoms with Crippen molar-refractivity contribution in [2.45, 2.75) is 44.7 Å². The maximum absolute atomic E-state index is 12.8. The molecular weight excluding hydrogens is 304 g/mol. The van der Waals surface area contributed by atoms with E-state index in [1.807, 2.05) is 17.0 Å². The fourth-order valence-electron chi connectivity index (χ4n) is 3.79. The highest BCUT2D eigenvalue weighted by Crippen LogP contribution is 2.35. The van der Waals surface area contributed by atoms with E-state index in [-0.39, 0.29) is 18.0 Å². The number of carbonyl (C=O) groups is 1. The Morgan fingerprint density at radius 1 is 1.42 bits per heavy atom. The van der Waals surface area contributed by atoms with Crippen molar-refractivity contribution in [3.05, 3.63) is 29.3 Å². The smallest absolute Gasteiger partial charge is 0.239 e. The van der Waals surface area contributed by atoms with Crippen LogP contribution in [0.5, 0.6) is 5.75 Å². The minimum Gasteiger partial charge on any atom is -0.496 e. The average molecular weight is 332 g/mol. The molecule has 132 valence electrons. The number of hydrogen-bond donors (Lipinski definition) is 1. The van der Waals surface area contributed by atoms with Crippen LogP contribution < -0.4 is 10.1 Å². The van der Waals surface area contributed by atoms with Crippen molar-refractivity contribution in [1.82, 2.24) is 10.2 Å². The van der Waals surface area contributed by atoms with Crippen molar-refractivity contribution < 1.29 is 14.3 Å². The molecule has 2 aliphatic rings. The first-order valence-corrected chi connectivity index (χ1v) is 9.03. The van der Waals surface area contributed by atoms with Gasteiger partial charge in [-0.1, -0.05) is 19.1 Å². The normalized spacial score (nSPS) is 21.9. The number of rotatable bonds is 5. The number of benzene rings is 1. The standard InChI is InChI=1S/C19H28N2O3/c1-3-16(19(22)21-10-12-24-13-11-21)20-17-8-4-7-15-14(17)6-5-9-18(15)23-2/h5-6,9,16-17,20H,3-4,7-8,10-13H2,1-2H3/t16-,17-/m0/s1. The van der Waals surface area contributed by atoms with E-state index < -0.39 is 0 Å². The van der Waals surface area contributed by atoms with E-state index in [1.54, 1.807) is 7.11 Å². The van der Waals surface area contributed by atoms with Crippen LogP contribution in [0.25, 0.3) is 0 Å². The quantitative estimate of drug-likeness (QED) is 0.899. The Balaban J connectivity index is 1.74. The molecule has 0 unspecified atom stereocenters. The van der Waals surface area contributed by atoms with Crippen molar-refractivity contribution in [3.8, 4) is 5.75 Å². The number of amides is 1. The van der Waals surface area contributed by atoms with Crippen molar-refractivity contribution >= 4 is 5.91 Å². The molecule has 1 amide bonds. The van der Waals surface area contributed by atoms with Crippen LogP contribution in [-0.2, 0) is 16.0 Å². The van der Waals surface area contributed by atoms with Gasteiger partial charge in [0.15, 0.2) is 0 Å². The highest BCUT2D eigenvalue weighted by Gasteiger charge is 2.29. The molecule has 2 atom stereocenters. The summed E-state index contributed by atoms with van der Waals surface area (Å²) in [5.74, 6) is 1.17. The Morgan fingerprint density at radius 2 is 2.21 bits per heavy atom. The average Bonchev–Trinajstić information content (AvgIpc) is 2.65. The third kappa shape index (κ3) is 3.57. The largest absolute Gasteiger partial charge is 0.496 e. The second kappa shape index (κ2) is 7.99. The molecule has 0 spiro atoms. The molecule has 0 bridgehead atoms. The molecule has 24 heavy (non-hydrogen) atoms. The second-order valence-corrected chi connectivity index (χ2v) is 6.54. The fraction of sp³-hybridized carbons (Fsp3) is 0.632. The summed E-state index contributed by atoms with van der Waals surface area (Å²) in [6.07, 6.45) is 4.03. The molecule has 1 heterocycles. The SMILES string of the molecule is CC[C@H](N[C@H]1CCCc2c(OC)cccc21)C(=O)N1CCOCC1. The lowest BCUT2D eigenvalue weighted by Crippen LogP contribution is -2.51. The van der Waals surface area contributed by atoms with Crippen LogP contribution in [-0.4, -0.2) is 50.3 Å². The summed E-state index contributed by atoms with van der Waals surface area (Å²) >= 11 is 0. The predicted octanol–water partition coefficient (Wildman–Crippen LogP) is 2.30. The lowest BCUT2D eigenvalue weighted by Gasteiger charge is -2.34. The highest BCUT2D eigenvalue weighted by molar-refractivity contribution is 5.82. The minimum atomic E-state index is -0.134. The van der Waals surface area contributed by atoms with E-state index in [0.717, 1.165) is 31.4 Å². The molecule has 5 nitrogen and oxygen atoms in total. The summed E-state index contributed by atoms with van der Waals surface area (Å²) in [7, 11) is 1.73. The van der Waals surface area contributed by atoms with Crippen LogP contribution in [0.4, 0.5) is 0 Å². The molecule has 0 saturated carbocycles. The number of nitrogens with zero attached hydrogens (tertiary/aromatic N) is 1. The summed E-state index contributed by atoms with van der Waals surface area (Å²) in [4.78, 5) is 14.8. The molecule has 3 rings (SSSR count). The van der Waals surface area contributed by atoms with E-state index in [1.165, 1.54) is 11.1 Å². The van der Waals surface area contributed by atoms with Gasteiger partial charge >= 0.3 is 0 Å². The number of fused-ring (bicyclic) bond motifs is 1. The number of carbonyl (C=O) groups excluding carboxylic acids is 1. The first kappa shape index (κ1) is 17.2. The number of morpholine rings is 1. The van der Waals surface area contributed by atoms with Gasteiger partial charge in [0.05, 0.1) is 26.4 Å². The predicted molar refractivity (Wildman–Crippen MR) is 93.3 cm³/mol. The summed E-state index contributed by atoms with van der Waals surface area (Å²) in [6, 6.07) is 6.32. The van der Waals surface area contributed by atoms with E-state index in [9.17, 15) is 4.79 Å². The topological polar surface area (TPSA) is 50.8 Å². The lowest BCUT2D eigenvalue weighted by molar-refractivity contribution is -0.137. The molecule has 0 aromatic heterocycles. The third-order valence-electron chi connectivity index (χ3n) is 5.12. The molecular formula is C19H28N2O3. The maximum atomic E-state index is 12.8. The maximum Gasteiger partial charge on any atom is 0.239 e. The first-order valence-electron chi connectivity index (χ1n) is 9.03. The Labute approximate surface area is 144 Å². The van der Waals surface area contributed by atoms with Gasteiger partial charge in [-0.3, -0.25) is 10.1 Å². The molecule has 1 N–H and O–H groups in total. The van der Waals surface area contributed by atoms with E-state index in [0.29, 0.717) is 26.3 Å².